The van der Waals surface area contributed by atoms with Crippen LogP contribution in [0.5, 0.6) is 0 Å². The van der Waals surface area contributed by atoms with Crippen LogP contribution in [0.3, 0.4) is 0 Å². The molecule has 0 saturated heterocycles. The summed E-state index contributed by atoms with van der Waals surface area (Å²) in [5.41, 5.74) is 0. The summed E-state index contributed by atoms with van der Waals surface area (Å²) in [5.74, 6) is 0. The second-order valence-electron chi connectivity index (χ2n) is 5.86. The van der Waals surface area contributed by atoms with Crippen LogP contribution in [-0.2, 0) is 0 Å². The molecule has 1 N–H and O–H groups in total. The molecule has 0 amide bonds. The highest BCUT2D eigenvalue weighted by Gasteiger charge is 2.11. The molecule has 0 aromatic carbocycles. The lowest BCUT2D eigenvalue weighted by atomic mass is 10.1. The minimum absolute atomic E-state index is 0.371. The molecule has 0 saturated carbocycles. The first-order chi connectivity index (χ1) is 7.06. The molecule has 0 heterocycles. The third-order valence-corrected chi connectivity index (χ3v) is 4.69. The number of hydrogen-bond acceptors (Lipinski definition) is 1. The number of aliphatic hydroxyl groups is 1. The maximum atomic E-state index is 8.62. The number of rotatable bonds is 10. The lowest BCUT2D eigenvalue weighted by Crippen LogP contribution is -2.18. The van der Waals surface area contributed by atoms with Crippen molar-refractivity contribution < 1.29 is 5.11 Å². The van der Waals surface area contributed by atoms with Gasteiger partial charge in [-0.1, -0.05) is 70.6 Å². The fourth-order valence-electron chi connectivity index (χ4n) is 1.83. The van der Waals surface area contributed by atoms with Crippen molar-refractivity contribution >= 4 is 8.07 Å². The van der Waals surface area contributed by atoms with E-state index in [1.807, 2.05) is 0 Å². The Hall–Kier alpha value is 0.177. The van der Waals surface area contributed by atoms with Crippen LogP contribution >= 0.6 is 0 Å². The van der Waals surface area contributed by atoms with Crippen LogP contribution in [0.2, 0.25) is 25.7 Å². The fourth-order valence-corrected chi connectivity index (χ4v) is 3.14. The Kier molecular flexibility index (Phi) is 9.52. The molecule has 0 unspecified atom stereocenters. The van der Waals surface area contributed by atoms with Gasteiger partial charge in [-0.2, -0.15) is 0 Å². The van der Waals surface area contributed by atoms with Crippen LogP contribution in [0.15, 0.2) is 0 Å². The Morgan fingerprint density at radius 1 is 0.667 bits per heavy atom. The quantitative estimate of drug-likeness (QED) is 0.434. The molecule has 0 bridgehead atoms. The lowest BCUT2D eigenvalue weighted by Gasteiger charge is -2.14. The second kappa shape index (κ2) is 9.41. The van der Waals surface area contributed by atoms with E-state index in [0.717, 1.165) is 6.42 Å². The third kappa shape index (κ3) is 14.2. The summed E-state index contributed by atoms with van der Waals surface area (Å²) in [7, 11) is -0.771. The van der Waals surface area contributed by atoms with Gasteiger partial charge in [-0.15, -0.1) is 0 Å². The molecule has 2 heteroatoms. The molecule has 0 aliphatic heterocycles. The normalized spacial score (nSPS) is 12.0. The van der Waals surface area contributed by atoms with Crippen LogP contribution in [0.4, 0.5) is 0 Å². The van der Waals surface area contributed by atoms with Gasteiger partial charge in [0.2, 0.25) is 0 Å². The largest absolute Gasteiger partial charge is 0.396 e. The fraction of sp³-hybridized carbons (Fsp3) is 1.00. The standard InChI is InChI=1S/C13H30OSi/c1-15(2,3)13-11-9-7-5-4-6-8-10-12-14/h14H,4-13H2,1-3H3. The minimum Gasteiger partial charge on any atom is -0.396 e. The summed E-state index contributed by atoms with van der Waals surface area (Å²) >= 11 is 0. The zero-order valence-electron chi connectivity index (χ0n) is 11.0. The smallest absolute Gasteiger partial charge is 0.0442 e. The van der Waals surface area contributed by atoms with Gasteiger partial charge in [-0.25, -0.2) is 0 Å². The molecular formula is C13H30OSi. The van der Waals surface area contributed by atoms with Crippen molar-refractivity contribution in [3.05, 3.63) is 0 Å². The number of aliphatic hydroxyl groups excluding tert-OH is 1. The Labute approximate surface area is 97.3 Å². The predicted molar refractivity (Wildman–Crippen MR) is 72.2 cm³/mol. The lowest BCUT2D eigenvalue weighted by molar-refractivity contribution is 0.282. The number of hydrogen-bond donors (Lipinski definition) is 1. The SMILES string of the molecule is C[Si](C)(C)CCCCCCCCCCO. The van der Waals surface area contributed by atoms with Gasteiger partial charge in [0.15, 0.2) is 0 Å². The van der Waals surface area contributed by atoms with Gasteiger partial charge >= 0.3 is 0 Å². The van der Waals surface area contributed by atoms with Crippen LogP contribution < -0.4 is 0 Å². The van der Waals surface area contributed by atoms with Crippen LogP contribution in [0, 0.1) is 0 Å². The third-order valence-electron chi connectivity index (χ3n) is 2.83. The first-order valence-electron chi connectivity index (χ1n) is 6.67. The average Bonchev–Trinajstić information content (AvgIpc) is 2.14. The zero-order valence-corrected chi connectivity index (χ0v) is 12.0. The van der Waals surface area contributed by atoms with E-state index >= 15 is 0 Å². The van der Waals surface area contributed by atoms with Gasteiger partial charge in [0.25, 0.3) is 0 Å². The molecule has 92 valence electrons. The first kappa shape index (κ1) is 15.2. The molecule has 0 spiro atoms. The highest BCUT2D eigenvalue weighted by Crippen LogP contribution is 2.15. The molecular weight excluding hydrogens is 200 g/mol. The van der Waals surface area contributed by atoms with Crippen molar-refractivity contribution in [2.45, 2.75) is 77.1 Å². The van der Waals surface area contributed by atoms with E-state index in [-0.39, 0.29) is 0 Å². The second-order valence-corrected chi connectivity index (χ2v) is 11.5. The Morgan fingerprint density at radius 3 is 1.47 bits per heavy atom. The van der Waals surface area contributed by atoms with E-state index in [9.17, 15) is 0 Å². The Bertz CT molecular complexity index is 129. The predicted octanol–water partition coefficient (Wildman–Crippen LogP) is 4.44. The van der Waals surface area contributed by atoms with Gasteiger partial charge in [0, 0.05) is 14.7 Å². The number of unbranched alkanes of at least 4 members (excludes halogenated alkanes) is 7. The molecule has 0 aliphatic rings. The van der Waals surface area contributed by atoms with Gasteiger partial charge in [0.05, 0.1) is 0 Å². The zero-order chi connectivity index (χ0) is 11.6. The van der Waals surface area contributed by atoms with Crippen LogP contribution in [0.1, 0.15) is 51.4 Å². The highest BCUT2D eigenvalue weighted by atomic mass is 28.3. The summed E-state index contributed by atoms with van der Waals surface area (Å²) in [6.07, 6.45) is 10.6. The molecule has 0 atom stereocenters. The Morgan fingerprint density at radius 2 is 1.07 bits per heavy atom. The topological polar surface area (TPSA) is 20.2 Å². The van der Waals surface area contributed by atoms with E-state index in [0.29, 0.717) is 6.61 Å². The Balaban J connectivity index is 2.99. The minimum atomic E-state index is -0.771. The average molecular weight is 230 g/mol. The summed E-state index contributed by atoms with van der Waals surface area (Å²) in [4.78, 5) is 0. The van der Waals surface area contributed by atoms with E-state index in [1.54, 1.807) is 0 Å². The molecule has 0 aromatic rings. The summed E-state index contributed by atoms with van der Waals surface area (Å²) < 4.78 is 0. The molecule has 0 fully saturated rings. The molecule has 0 aliphatic carbocycles. The molecule has 15 heavy (non-hydrogen) atoms. The van der Waals surface area contributed by atoms with E-state index in [2.05, 4.69) is 19.6 Å². The highest BCUT2D eigenvalue weighted by molar-refractivity contribution is 6.76. The van der Waals surface area contributed by atoms with Crippen molar-refractivity contribution in [2.24, 2.45) is 0 Å². The molecule has 1 nitrogen and oxygen atoms in total. The van der Waals surface area contributed by atoms with Crippen molar-refractivity contribution in [3.8, 4) is 0 Å². The van der Waals surface area contributed by atoms with Crippen molar-refractivity contribution in [1.29, 1.82) is 0 Å². The van der Waals surface area contributed by atoms with Gasteiger partial charge < -0.3 is 5.11 Å². The summed E-state index contributed by atoms with van der Waals surface area (Å²) in [5, 5.41) is 8.62. The van der Waals surface area contributed by atoms with E-state index in [1.165, 1.54) is 51.0 Å². The maximum Gasteiger partial charge on any atom is 0.0442 e. The first-order valence-corrected chi connectivity index (χ1v) is 10.4. The van der Waals surface area contributed by atoms with Crippen molar-refractivity contribution in [3.63, 3.8) is 0 Å². The van der Waals surface area contributed by atoms with E-state index < -0.39 is 8.07 Å². The molecule has 0 aromatic heterocycles. The summed E-state index contributed by atoms with van der Waals surface area (Å²) in [6, 6.07) is 1.50. The molecule has 0 rings (SSSR count). The van der Waals surface area contributed by atoms with Crippen molar-refractivity contribution in [1.82, 2.24) is 0 Å². The summed E-state index contributed by atoms with van der Waals surface area (Å²) in [6.45, 7) is 7.75. The van der Waals surface area contributed by atoms with E-state index in [4.69, 9.17) is 5.11 Å². The van der Waals surface area contributed by atoms with Crippen LogP contribution in [-0.4, -0.2) is 19.8 Å². The maximum absolute atomic E-state index is 8.62. The molecule has 0 radical (unpaired) electrons. The van der Waals surface area contributed by atoms with Gasteiger partial charge in [0.1, 0.15) is 0 Å². The van der Waals surface area contributed by atoms with Crippen LogP contribution in [0.25, 0.3) is 0 Å². The van der Waals surface area contributed by atoms with Gasteiger partial charge in [-0.05, 0) is 6.42 Å². The van der Waals surface area contributed by atoms with Crippen molar-refractivity contribution in [2.75, 3.05) is 6.61 Å². The monoisotopic (exact) mass is 230 g/mol. The van der Waals surface area contributed by atoms with Gasteiger partial charge in [-0.3, -0.25) is 0 Å².